The fourth-order valence-corrected chi connectivity index (χ4v) is 4.90. The van der Waals surface area contributed by atoms with Gasteiger partial charge in [-0.2, -0.15) is 0 Å². The quantitative estimate of drug-likeness (QED) is 0.250. The lowest BCUT2D eigenvalue weighted by atomic mass is 9.96. The van der Waals surface area contributed by atoms with E-state index in [1.54, 1.807) is 7.11 Å². The molecule has 9 nitrogen and oxygen atoms in total. The molecular weight excluding hydrogens is 480 g/mol. The lowest BCUT2D eigenvalue weighted by Crippen LogP contribution is -2.48. The van der Waals surface area contributed by atoms with Crippen molar-refractivity contribution >= 4 is 17.3 Å². The zero-order chi connectivity index (χ0) is 26.3. The minimum atomic E-state index is -0.394. The van der Waals surface area contributed by atoms with Gasteiger partial charge in [0.05, 0.1) is 18.1 Å². The van der Waals surface area contributed by atoms with Crippen LogP contribution in [0.15, 0.2) is 91.3 Å². The number of rotatable bonds is 9. The summed E-state index contributed by atoms with van der Waals surface area (Å²) in [6.07, 6.45) is 1.39. The maximum Gasteiger partial charge on any atom is 0.353 e. The first-order valence-corrected chi connectivity index (χ1v) is 12.6. The van der Waals surface area contributed by atoms with Crippen molar-refractivity contribution in [3.8, 4) is 5.75 Å². The van der Waals surface area contributed by atoms with Crippen molar-refractivity contribution < 1.29 is 9.66 Å². The van der Waals surface area contributed by atoms with E-state index in [1.807, 2.05) is 41.3 Å². The summed E-state index contributed by atoms with van der Waals surface area (Å²) in [5.74, 6) is 1.31. The molecular formula is C29H30N6O3. The molecule has 1 aliphatic heterocycles. The third-order valence-electron chi connectivity index (χ3n) is 6.81. The highest BCUT2D eigenvalue weighted by Gasteiger charge is 2.32. The van der Waals surface area contributed by atoms with Gasteiger partial charge < -0.3 is 15.0 Å². The number of hydrogen-bond donors (Lipinski definition) is 1. The number of ether oxygens (including phenoxy) is 1. The average Bonchev–Trinajstić information content (AvgIpc) is 2.97. The van der Waals surface area contributed by atoms with Gasteiger partial charge >= 0.3 is 5.69 Å². The molecule has 0 aliphatic carbocycles. The molecule has 0 radical (unpaired) electrons. The van der Waals surface area contributed by atoms with Crippen molar-refractivity contribution in [3.63, 3.8) is 0 Å². The van der Waals surface area contributed by atoms with Crippen molar-refractivity contribution in [2.24, 2.45) is 0 Å². The van der Waals surface area contributed by atoms with Gasteiger partial charge in [0.25, 0.3) is 0 Å². The van der Waals surface area contributed by atoms with E-state index in [1.165, 1.54) is 17.5 Å². The van der Waals surface area contributed by atoms with Gasteiger partial charge in [0.2, 0.25) is 11.6 Å². The third-order valence-corrected chi connectivity index (χ3v) is 6.81. The van der Waals surface area contributed by atoms with Crippen molar-refractivity contribution in [2.75, 3.05) is 43.5 Å². The molecule has 0 unspecified atom stereocenters. The van der Waals surface area contributed by atoms with Crippen molar-refractivity contribution in [2.45, 2.75) is 12.6 Å². The van der Waals surface area contributed by atoms with Crippen LogP contribution >= 0.6 is 0 Å². The summed E-state index contributed by atoms with van der Waals surface area (Å²) in [6, 6.07) is 28.6. The molecule has 2 heterocycles. The van der Waals surface area contributed by atoms with Crippen LogP contribution in [0.1, 0.15) is 22.7 Å². The molecule has 9 heteroatoms. The van der Waals surface area contributed by atoms with Crippen LogP contribution in [0.25, 0.3) is 0 Å². The molecule has 38 heavy (non-hydrogen) atoms. The Kier molecular flexibility index (Phi) is 7.75. The standard InChI is InChI=1S/C29H30N6O3/c1-38-25-14-12-22(13-15-25)20-30-28-27(35(36)37)29(32-21-31-28)34-18-16-33(17-19-34)26(23-8-4-2-5-9-23)24-10-6-3-7-11-24/h2-15,21,26H,16-20H2,1H3,(H,30,31,32). The number of nitro groups is 1. The summed E-state index contributed by atoms with van der Waals surface area (Å²) >= 11 is 0. The Balaban J connectivity index is 1.33. The number of hydrogen-bond acceptors (Lipinski definition) is 8. The second-order valence-corrected chi connectivity index (χ2v) is 9.10. The van der Waals surface area contributed by atoms with Crippen LogP contribution in [-0.4, -0.2) is 53.1 Å². The fourth-order valence-electron chi connectivity index (χ4n) is 4.90. The highest BCUT2D eigenvalue weighted by atomic mass is 16.6. The smallest absolute Gasteiger partial charge is 0.353 e. The lowest BCUT2D eigenvalue weighted by Gasteiger charge is -2.40. The van der Waals surface area contributed by atoms with Crippen LogP contribution in [-0.2, 0) is 6.54 Å². The molecule has 194 valence electrons. The molecule has 1 N–H and O–H groups in total. The minimum absolute atomic E-state index is 0.0999. The van der Waals surface area contributed by atoms with Gasteiger partial charge in [-0.3, -0.25) is 15.0 Å². The van der Waals surface area contributed by atoms with Crippen LogP contribution in [0.4, 0.5) is 17.3 Å². The van der Waals surface area contributed by atoms with Crippen molar-refractivity contribution in [1.29, 1.82) is 0 Å². The van der Waals surface area contributed by atoms with Gasteiger partial charge in [0.15, 0.2) is 0 Å². The van der Waals surface area contributed by atoms with Crippen LogP contribution in [0, 0.1) is 10.1 Å². The normalized spacial score (nSPS) is 13.9. The average molecular weight is 511 g/mol. The van der Waals surface area contributed by atoms with Crippen molar-refractivity contribution in [3.05, 3.63) is 118 Å². The first-order chi connectivity index (χ1) is 18.6. The Labute approximate surface area is 221 Å². The Bertz CT molecular complexity index is 1300. The maximum absolute atomic E-state index is 12.2. The number of methoxy groups -OCH3 is 1. The van der Waals surface area contributed by atoms with Gasteiger partial charge in [0, 0.05) is 32.7 Å². The van der Waals surface area contributed by atoms with Gasteiger partial charge in [-0.25, -0.2) is 9.97 Å². The Hall–Kier alpha value is -4.50. The van der Waals surface area contributed by atoms with E-state index < -0.39 is 4.92 Å². The van der Waals surface area contributed by atoms with Crippen molar-refractivity contribution in [1.82, 2.24) is 14.9 Å². The van der Waals surface area contributed by atoms with Gasteiger partial charge in [-0.15, -0.1) is 0 Å². The number of anilines is 2. The molecule has 1 saturated heterocycles. The van der Waals surface area contributed by atoms with E-state index in [2.05, 4.69) is 68.7 Å². The molecule has 1 fully saturated rings. The topological polar surface area (TPSA) is 96.7 Å². The Morgan fingerprint density at radius 3 is 2.05 bits per heavy atom. The molecule has 0 atom stereocenters. The van der Waals surface area contributed by atoms with Crippen LogP contribution in [0.2, 0.25) is 0 Å². The van der Waals surface area contributed by atoms with Gasteiger partial charge in [-0.05, 0) is 28.8 Å². The first kappa shape index (κ1) is 25.2. The monoisotopic (exact) mass is 510 g/mol. The highest BCUT2D eigenvalue weighted by Crippen LogP contribution is 2.35. The zero-order valence-electron chi connectivity index (χ0n) is 21.2. The zero-order valence-corrected chi connectivity index (χ0v) is 21.2. The minimum Gasteiger partial charge on any atom is -0.497 e. The SMILES string of the molecule is COc1ccc(CNc2ncnc(N3CCN(C(c4ccccc4)c4ccccc4)CC3)c2[N+](=O)[O-])cc1. The summed E-state index contributed by atoms with van der Waals surface area (Å²) in [4.78, 5) is 24.7. The Morgan fingerprint density at radius 1 is 0.895 bits per heavy atom. The summed E-state index contributed by atoms with van der Waals surface area (Å²) in [7, 11) is 1.61. The second-order valence-electron chi connectivity index (χ2n) is 9.10. The Morgan fingerprint density at radius 2 is 1.50 bits per heavy atom. The van der Waals surface area contributed by atoms with E-state index in [0.29, 0.717) is 25.5 Å². The summed E-state index contributed by atoms with van der Waals surface area (Å²) in [6.45, 7) is 3.11. The number of aromatic nitrogens is 2. The molecule has 5 rings (SSSR count). The molecule has 1 aromatic heterocycles. The molecule has 0 spiro atoms. The van der Waals surface area contributed by atoms with Crippen LogP contribution in [0.5, 0.6) is 5.75 Å². The van der Waals surface area contributed by atoms with E-state index in [-0.39, 0.29) is 17.5 Å². The number of piperazine rings is 1. The predicted molar refractivity (Wildman–Crippen MR) is 148 cm³/mol. The van der Waals surface area contributed by atoms with E-state index in [0.717, 1.165) is 24.4 Å². The summed E-state index contributed by atoms with van der Waals surface area (Å²) in [5.41, 5.74) is 3.31. The summed E-state index contributed by atoms with van der Waals surface area (Å²) < 4.78 is 5.20. The summed E-state index contributed by atoms with van der Waals surface area (Å²) in [5, 5.41) is 15.3. The molecule has 0 amide bonds. The molecule has 0 saturated carbocycles. The molecule has 3 aromatic carbocycles. The van der Waals surface area contributed by atoms with E-state index in [4.69, 9.17) is 4.74 Å². The highest BCUT2D eigenvalue weighted by molar-refractivity contribution is 5.70. The van der Waals surface area contributed by atoms with Crippen LogP contribution < -0.4 is 15.0 Å². The second kappa shape index (κ2) is 11.7. The van der Waals surface area contributed by atoms with Gasteiger partial charge in [-0.1, -0.05) is 72.8 Å². The third kappa shape index (κ3) is 5.57. The maximum atomic E-state index is 12.2. The molecule has 0 bridgehead atoms. The lowest BCUT2D eigenvalue weighted by molar-refractivity contribution is -0.383. The predicted octanol–water partition coefficient (Wildman–Crippen LogP) is 4.92. The van der Waals surface area contributed by atoms with Crippen LogP contribution in [0.3, 0.4) is 0 Å². The number of benzene rings is 3. The fraction of sp³-hybridized carbons (Fsp3) is 0.241. The van der Waals surface area contributed by atoms with Gasteiger partial charge in [0.1, 0.15) is 12.1 Å². The van der Waals surface area contributed by atoms with E-state index in [9.17, 15) is 10.1 Å². The molecule has 4 aromatic rings. The first-order valence-electron chi connectivity index (χ1n) is 12.6. The molecule has 1 aliphatic rings. The number of nitrogens with one attached hydrogen (secondary N) is 1. The number of nitrogens with zero attached hydrogens (tertiary/aromatic N) is 5. The van der Waals surface area contributed by atoms with E-state index >= 15 is 0 Å². The largest absolute Gasteiger partial charge is 0.497 e.